The second kappa shape index (κ2) is 5.81. The van der Waals surface area contributed by atoms with E-state index in [9.17, 15) is 0 Å². The molecule has 0 saturated heterocycles. The molecule has 1 N–H and O–H groups in total. The van der Waals surface area contributed by atoms with Crippen LogP contribution < -0.4 is 4.74 Å². The second-order valence-electron chi connectivity index (χ2n) is 4.64. The summed E-state index contributed by atoms with van der Waals surface area (Å²) in [5.41, 5.74) is 3.92. The van der Waals surface area contributed by atoms with Gasteiger partial charge < -0.3 is 14.4 Å². The predicted molar refractivity (Wildman–Crippen MR) is 79.8 cm³/mol. The van der Waals surface area contributed by atoms with Gasteiger partial charge in [-0.3, -0.25) is 0 Å². The molecule has 0 amide bonds. The van der Waals surface area contributed by atoms with Crippen molar-refractivity contribution in [3.63, 3.8) is 0 Å². The van der Waals surface area contributed by atoms with Crippen molar-refractivity contribution in [3.8, 4) is 28.1 Å². The van der Waals surface area contributed by atoms with E-state index in [0.717, 1.165) is 28.1 Å². The highest BCUT2D eigenvalue weighted by Gasteiger charge is 2.06. The number of methoxy groups -OCH3 is 1. The molecule has 0 saturated carbocycles. The van der Waals surface area contributed by atoms with Gasteiger partial charge in [-0.15, -0.1) is 0 Å². The quantitative estimate of drug-likeness (QED) is 0.795. The fourth-order valence-electron chi connectivity index (χ4n) is 2.14. The van der Waals surface area contributed by atoms with E-state index in [4.69, 9.17) is 14.4 Å². The monoisotopic (exact) mass is 281 g/mol. The molecule has 0 unspecified atom stereocenters. The summed E-state index contributed by atoms with van der Waals surface area (Å²) in [6, 6.07) is 17.7. The maximum atomic E-state index is 8.99. The van der Waals surface area contributed by atoms with Gasteiger partial charge in [0.2, 0.25) is 0 Å². The molecule has 2 aromatic carbocycles. The first kappa shape index (κ1) is 13.4. The molecule has 0 bridgehead atoms. The molecule has 0 fully saturated rings. The minimum absolute atomic E-state index is 0.142. The first-order chi connectivity index (χ1) is 10.3. The average Bonchev–Trinajstić information content (AvgIpc) is 3.04. The van der Waals surface area contributed by atoms with Gasteiger partial charge in [-0.1, -0.05) is 41.6 Å². The fourth-order valence-corrected chi connectivity index (χ4v) is 2.14. The molecular weight excluding hydrogens is 266 g/mol. The molecule has 0 aliphatic rings. The van der Waals surface area contributed by atoms with Crippen molar-refractivity contribution in [3.05, 3.63) is 60.4 Å². The van der Waals surface area contributed by atoms with Gasteiger partial charge in [0.25, 0.3) is 0 Å². The molecular formula is C17H15NO3. The third-order valence-electron chi connectivity index (χ3n) is 3.32. The number of hydrogen-bond donors (Lipinski definition) is 1. The number of ether oxygens (including phenoxy) is 1. The van der Waals surface area contributed by atoms with Crippen molar-refractivity contribution in [2.75, 3.05) is 7.11 Å². The molecule has 4 nitrogen and oxygen atoms in total. The van der Waals surface area contributed by atoms with Crippen molar-refractivity contribution in [1.82, 2.24) is 5.16 Å². The first-order valence-electron chi connectivity index (χ1n) is 6.61. The van der Waals surface area contributed by atoms with Crippen LogP contribution in [-0.4, -0.2) is 17.4 Å². The van der Waals surface area contributed by atoms with Gasteiger partial charge in [-0.25, -0.2) is 0 Å². The minimum atomic E-state index is -0.142. The van der Waals surface area contributed by atoms with E-state index in [0.29, 0.717) is 5.76 Å². The van der Waals surface area contributed by atoms with Crippen LogP contribution in [0, 0.1) is 0 Å². The molecule has 3 aromatic rings. The van der Waals surface area contributed by atoms with Gasteiger partial charge in [0.05, 0.1) is 7.11 Å². The smallest absolute Gasteiger partial charge is 0.162 e. The van der Waals surface area contributed by atoms with E-state index in [-0.39, 0.29) is 6.61 Å². The Hall–Kier alpha value is -2.59. The van der Waals surface area contributed by atoms with Gasteiger partial charge in [0.1, 0.15) is 18.1 Å². The van der Waals surface area contributed by atoms with E-state index in [1.165, 1.54) is 0 Å². The number of aromatic nitrogens is 1. The summed E-state index contributed by atoms with van der Waals surface area (Å²) in [7, 11) is 1.66. The standard InChI is InChI=1S/C17H15NO3/c1-20-15-8-6-13(7-9-15)12-2-4-14(5-3-12)17-10-16(11-19)21-18-17/h2-10,19H,11H2,1H3. The normalized spacial score (nSPS) is 10.6. The summed E-state index contributed by atoms with van der Waals surface area (Å²) in [4.78, 5) is 0. The lowest BCUT2D eigenvalue weighted by atomic mass is 10.0. The van der Waals surface area contributed by atoms with Crippen molar-refractivity contribution in [2.24, 2.45) is 0 Å². The number of aliphatic hydroxyl groups is 1. The van der Waals surface area contributed by atoms with Crippen LogP contribution in [-0.2, 0) is 6.61 Å². The van der Waals surface area contributed by atoms with E-state index in [2.05, 4.69) is 5.16 Å². The average molecular weight is 281 g/mol. The molecule has 0 atom stereocenters. The highest BCUT2D eigenvalue weighted by Crippen LogP contribution is 2.26. The van der Waals surface area contributed by atoms with Gasteiger partial charge in [-0.05, 0) is 23.3 Å². The summed E-state index contributed by atoms with van der Waals surface area (Å²) in [6.45, 7) is -0.142. The summed E-state index contributed by atoms with van der Waals surface area (Å²) < 4.78 is 10.2. The largest absolute Gasteiger partial charge is 0.497 e. The van der Waals surface area contributed by atoms with Gasteiger partial charge in [0, 0.05) is 11.6 Å². The Balaban J connectivity index is 1.85. The maximum Gasteiger partial charge on any atom is 0.162 e. The van der Waals surface area contributed by atoms with Crippen LogP contribution in [0.4, 0.5) is 0 Å². The zero-order valence-electron chi connectivity index (χ0n) is 11.6. The second-order valence-corrected chi connectivity index (χ2v) is 4.64. The number of hydrogen-bond acceptors (Lipinski definition) is 4. The summed E-state index contributed by atoms with van der Waals surface area (Å²) in [5.74, 6) is 1.30. The predicted octanol–water partition coefficient (Wildman–Crippen LogP) is 3.51. The maximum absolute atomic E-state index is 8.99. The molecule has 21 heavy (non-hydrogen) atoms. The number of rotatable bonds is 4. The van der Waals surface area contributed by atoms with Crippen LogP contribution in [0.15, 0.2) is 59.1 Å². The van der Waals surface area contributed by atoms with E-state index in [1.807, 2.05) is 48.5 Å². The van der Waals surface area contributed by atoms with Gasteiger partial charge in [-0.2, -0.15) is 0 Å². The topological polar surface area (TPSA) is 55.5 Å². The summed E-state index contributed by atoms with van der Waals surface area (Å²) >= 11 is 0. The van der Waals surface area contributed by atoms with E-state index in [1.54, 1.807) is 13.2 Å². The lowest BCUT2D eigenvalue weighted by molar-refractivity contribution is 0.229. The summed E-state index contributed by atoms with van der Waals surface area (Å²) in [5, 5.41) is 12.9. The number of aliphatic hydroxyl groups excluding tert-OH is 1. The van der Waals surface area contributed by atoms with Crippen molar-refractivity contribution in [2.45, 2.75) is 6.61 Å². The highest BCUT2D eigenvalue weighted by molar-refractivity contribution is 5.69. The lowest BCUT2D eigenvalue weighted by Gasteiger charge is -2.04. The molecule has 0 spiro atoms. The zero-order chi connectivity index (χ0) is 14.7. The van der Waals surface area contributed by atoms with Crippen molar-refractivity contribution < 1.29 is 14.4 Å². The van der Waals surface area contributed by atoms with E-state index < -0.39 is 0 Å². The molecule has 4 heteroatoms. The van der Waals surface area contributed by atoms with Crippen LogP contribution in [0.3, 0.4) is 0 Å². The van der Waals surface area contributed by atoms with Gasteiger partial charge in [0.15, 0.2) is 5.76 Å². The van der Waals surface area contributed by atoms with Crippen LogP contribution in [0.25, 0.3) is 22.4 Å². The van der Waals surface area contributed by atoms with Crippen molar-refractivity contribution >= 4 is 0 Å². The molecule has 0 aliphatic carbocycles. The zero-order valence-corrected chi connectivity index (χ0v) is 11.6. The fraction of sp³-hybridized carbons (Fsp3) is 0.118. The molecule has 1 aromatic heterocycles. The third-order valence-corrected chi connectivity index (χ3v) is 3.32. The van der Waals surface area contributed by atoms with Crippen LogP contribution in [0.1, 0.15) is 5.76 Å². The van der Waals surface area contributed by atoms with Crippen LogP contribution >= 0.6 is 0 Å². The Morgan fingerprint density at radius 2 is 1.52 bits per heavy atom. The van der Waals surface area contributed by atoms with E-state index >= 15 is 0 Å². The summed E-state index contributed by atoms with van der Waals surface area (Å²) in [6.07, 6.45) is 0. The Bertz CT molecular complexity index is 715. The Labute approximate surface area is 122 Å². The Morgan fingerprint density at radius 3 is 2.05 bits per heavy atom. The molecule has 0 radical (unpaired) electrons. The van der Waals surface area contributed by atoms with Crippen LogP contribution in [0.5, 0.6) is 5.75 Å². The van der Waals surface area contributed by atoms with Gasteiger partial charge >= 0.3 is 0 Å². The number of benzene rings is 2. The molecule has 106 valence electrons. The Morgan fingerprint density at radius 1 is 0.952 bits per heavy atom. The molecule has 3 rings (SSSR count). The lowest BCUT2D eigenvalue weighted by Crippen LogP contribution is -1.83. The minimum Gasteiger partial charge on any atom is -0.497 e. The molecule has 0 aliphatic heterocycles. The SMILES string of the molecule is COc1ccc(-c2ccc(-c3cc(CO)on3)cc2)cc1. The third kappa shape index (κ3) is 2.80. The first-order valence-corrected chi connectivity index (χ1v) is 6.61. The number of nitrogens with zero attached hydrogens (tertiary/aromatic N) is 1. The highest BCUT2D eigenvalue weighted by atomic mass is 16.5. The van der Waals surface area contributed by atoms with Crippen LogP contribution in [0.2, 0.25) is 0 Å². The molecule has 1 heterocycles. The Kier molecular flexibility index (Phi) is 3.71. The van der Waals surface area contributed by atoms with Crippen molar-refractivity contribution in [1.29, 1.82) is 0 Å².